The average molecular weight is 495 g/mol. The van der Waals surface area contributed by atoms with Crippen molar-refractivity contribution in [1.29, 1.82) is 0 Å². The molecule has 36 heavy (non-hydrogen) atoms. The fraction of sp³-hybridized carbons (Fsp3) is 0.531. The fourth-order valence-corrected chi connectivity index (χ4v) is 4.72. The molecule has 1 unspecified atom stereocenters. The molecule has 198 valence electrons. The van der Waals surface area contributed by atoms with Gasteiger partial charge in [0.15, 0.2) is 0 Å². The highest BCUT2D eigenvalue weighted by molar-refractivity contribution is 5.66. The van der Waals surface area contributed by atoms with Gasteiger partial charge in [-0.05, 0) is 85.3 Å². The number of hydrogen-bond acceptors (Lipinski definition) is 3. The van der Waals surface area contributed by atoms with Crippen LogP contribution in [0.5, 0.6) is 5.75 Å². The van der Waals surface area contributed by atoms with Gasteiger partial charge >= 0.3 is 5.97 Å². The highest BCUT2D eigenvalue weighted by atomic mass is 16.5. The molecule has 0 radical (unpaired) electrons. The van der Waals surface area contributed by atoms with E-state index in [-0.39, 0.29) is 17.3 Å². The Hall–Kier alpha value is -2.59. The Morgan fingerprint density at radius 2 is 1.56 bits per heavy atom. The van der Waals surface area contributed by atoms with Crippen LogP contribution in [0.2, 0.25) is 0 Å². The lowest BCUT2D eigenvalue weighted by atomic mass is 9.70. The van der Waals surface area contributed by atoms with Crippen molar-refractivity contribution in [2.45, 2.75) is 98.5 Å². The van der Waals surface area contributed by atoms with Crippen molar-refractivity contribution in [2.75, 3.05) is 6.61 Å². The van der Waals surface area contributed by atoms with E-state index in [0.29, 0.717) is 13.0 Å². The second-order valence-corrected chi connectivity index (χ2v) is 11.1. The lowest BCUT2D eigenvalue weighted by molar-refractivity contribution is -0.137. The highest BCUT2D eigenvalue weighted by Gasteiger charge is 2.31. The second-order valence-electron chi connectivity index (χ2n) is 11.1. The number of hydrogen-bond donors (Lipinski definition) is 2. The molecule has 1 atom stereocenters. The number of aliphatic hydroxyl groups is 1. The third kappa shape index (κ3) is 7.70. The van der Waals surface area contributed by atoms with Crippen molar-refractivity contribution in [3.05, 3.63) is 70.3 Å². The molecule has 0 aliphatic heterocycles. The van der Waals surface area contributed by atoms with Gasteiger partial charge in [-0.3, -0.25) is 4.79 Å². The minimum atomic E-state index is -0.738. The van der Waals surface area contributed by atoms with Gasteiger partial charge in [0, 0.05) is 11.8 Å². The number of benzene rings is 2. The summed E-state index contributed by atoms with van der Waals surface area (Å²) in [7, 11) is 0. The molecule has 2 rings (SSSR count). The highest BCUT2D eigenvalue weighted by Crippen LogP contribution is 2.41. The Kier molecular flexibility index (Phi) is 10.8. The van der Waals surface area contributed by atoms with Crippen LogP contribution in [-0.4, -0.2) is 28.9 Å². The molecule has 2 aromatic rings. The van der Waals surface area contributed by atoms with Crippen molar-refractivity contribution in [3.63, 3.8) is 0 Å². The first-order valence-corrected chi connectivity index (χ1v) is 13.4. The van der Waals surface area contributed by atoms with Crippen molar-refractivity contribution in [1.82, 2.24) is 0 Å². The van der Waals surface area contributed by atoms with Crippen molar-refractivity contribution in [2.24, 2.45) is 5.41 Å². The van der Waals surface area contributed by atoms with Crippen LogP contribution in [-0.2, 0) is 10.2 Å². The van der Waals surface area contributed by atoms with Crippen LogP contribution in [0.1, 0.15) is 101 Å². The predicted molar refractivity (Wildman–Crippen MR) is 150 cm³/mol. The number of aryl methyl sites for hydroxylation is 2. The monoisotopic (exact) mass is 494 g/mol. The summed E-state index contributed by atoms with van der Waals surface area (Å²) >= 11 is 0. The molecule has 0 bridgehead atoms. The van der Waals surface area contributed by atoms with Crippen molar-refractivity contribution < 1.29 is 19.7 Å². The Morgan fingerprint density at radius 3 is 2.08 bits per heavy atom. The van der Waals surface area contributed by atoms with E-state index >= 15 is 0 Å². The summed E-state index contributed by atoms with van der Waals surface area (Å²) in [4.78, 5) is 10.6. The zero-order valence-corrected chi connectivity index (χ0v) is 23.4. The summed E-state index contributed by atoms with van der Waals surface area (Å²) in [6.07, 6.45) is 8.05. The van der Waals surface area contributed by atoms with Gasteiger partial charge in [0.2, 0.25) is 0 Å². The quantitative estimate of drug-likeness (QED) is 0.278. The Bertz CT molecular complexity index is 1020. The summed E-state index contributed by atoms with van der Waals surface area (Å²) in [5.74, 6) is 0.158. The maximum absolute atomic E-state index is 10.6. The van der Waals surface area contributed by atoms with Crippen LogP contribution in [0.25, 0.3) is 6.08 Å². The van der Waals surface area contributed by atoms with Gasteiger partial charge in [-0.2, -0.15) is 0 Å². The van der Waals surface area contributed by atoms with E-state index in [0.717, 1.165) is 42.6 Å². The molecule has 2 aromatic carbocycles. The lowest BCUT2D eigenvalue weighted by Gasteiger charge is -2.34. The zero-order chi connectivity index (χ0) is 26.9. The minimum Gasteiger partial charge on any atom is -0.493 e. The van der Waals surface area contributed by atoms with E-state index in [9.17, 15) is 9.90 Å². The van der Waals surface area contributed by atoms with E-state index in [1.165, 1.54) is 16.7 Å². The van der Waals surface area contributed by atoms with Gasteiger partial charge in [0.25, 0.3) is 0 Å². The second kappa shape index (κ2) is 13.1. The van der Waals surface area contributed by atoms with E-state index in [1.807, 2.05) is 32.9 Å². The Balaban J connectivity index is 2.22. The van der Waals surface area contributed by atoms with Gasteiger partial charge in [0.1, 0.15) is 5.75 Å². The molecule has 0 fully saturated rings. The molecule has 0 aliphatic rings. The van der Waals surface area contributed by atoms with Crippen LogP contribution in [0.3, 0.4) is 0 Å². The van der Waals surface area contributed by atoms with Gasteiger partial charge < -0.3 is 14.9 Å². The van der Waals surface area contributed by atoms with Gasteiger partial charge in [-0.1, -0.05) is 77.1 Å². The number of rotatable bonds is 13. The van der Waals surface area contributed by atoms with Gasteiger partial charge in [0.05, 0.1) is 12.7 Å². The van der Waals surface area contributed by atoms with Gasteiger partial charge in [-0.25, -0.2) is 0 Å². The van der Waals surface area contributed by atoms with Crippen molar-refractivity contribution >= 4 is 12.0 Å². The number of aliphatic hydroxyl groups excluding tert-OH is 1. The standard InChI is InChI=1S/C32H46O4/c1-8-32(9-2,26-16-14-25(23(3)21-26)15-19-29(33)31(5,6)7)27-17-18-28(24(4)22-27)36-20-12-10-11-13-30(34)35/h14-19,21-22,29,33H,8-13,20H2,1-7H3,(H,34,35). The number of carboxylic acids is 1. The summed E-state index contributed by atoms with van der Waals surface area (Å²) in [6.45, 7) is 15.5. The van der Waals surface area contributed by atoms with Crippen LogP contribution >= 0.6 is 0 Å². The molecule has 0 amide bonds. The molecule has 0 aromatic heterocycles. The van der Waals surface area contributed by atoms with E-state index < -0.39 is 12.1 Å². The van der Waals surface area contributed by atoms with Crippen LogP contribution in [0.15, 0.2) is 42.5 Å². The molecule has 4 heteroatoms. The zero-order valence-electron chi connectivity index (χ0n) is 23.4. The SMILES string of the molecule is CCC(CC)(c1ccc(C=CC(O)C(C)(C)C)c(C)c1)c1ccc(OCCCCCC(=O)O)c(C)c1. The lowest BCUT2D eigenvalue weighted by Crippen LogP contribution is -2.26. The summed E-state index contributed by atoms with van der Waals surface area (Å²) in [6, 6.07) is 13.2. The summed E-state index contributed by atoms with van der Waals surface area (Å²) < 4.78 is 6.01. The number of carboxylic acid groups (broad SMARTS) is 1. The molecule has 0 saturated heterocycles. The van der Waals surface area contributed by atoms with Gasteiger partial charge in [-0.15, -0.1) is 0 Å². The molecule has 0 saturated carbocycles. The fourth-order valence-electron chi connectivity index (χ4n) is 4.72. The molecule has 2 N–H and O–H groups in total. The first-order chi connectivity index (χ1) is 16.9. The van der Waals surface area contributed by atoms with Crippen molar-refractivity contribution in [3.8, 4) is 5.75 Å². The first-order valence-electron chi connectivity index (χ1n) is 13.4. The first kappa shape index (κ1) is 29.6. The topological polar surface area (TPSA) is 66.8 Å². The van der Waals surface area contributed by atoms with E-state index in [4.69, 9.17) is 9.84 Å². The van der Waals surface area contributed by atoms with E-state index in [1.54, 1.807) is 0 Å². The Morgan fingerprint density at radius 1 is 0.944 bits per heavy atom. The average Bonchev–Trinajstić information content (AvgIpc) is 2.82. The third-order valence-electron chi connectivity index (χ3n) is 7.39. The number of ether oxygens (including phenoxy) is 1. The minimum absolute atomic E-state index is 0.0853. The van der Waals surface area contributed by atoms with E-state index in [2.05, 4.69) is 64.1 Å². The molecule has 0 spiro atoms. The maximum atomic E-state index is 10.6. The number of aliphatic carboxylic acids is 1. The third-order valence-corrected chi connectivity index (χ3v) is 7.39. The Labute approximate surface area is 218 Å². The molecule has 4 nitrogen and oxygen atoms in total. The largest absolute Gasteiger partial charge is 0.493 e. The molecule has 0 heterocycles. The maximum Gasteiger partial charge on any atom is 0.303 e. The van der Waals surface area contributed by atoms with Crippen LogP contribution < -0.4 is 4.74 Å². The predicted octanol–water partition coefficient (Wildman–Crippen LogP) is 7.85. The number of unbranched alkanes of at least 4 members (excludes halogenated alkanes) is 2. The molecular weight excluding hydrogens is 448 g/mol. The number of carbonyl (C=O) groups is 1. The molecular formula is C32H46O4. The normalized spacial score (nSPS) is 13.2. The summed E-state index contributed by atoms with van der Waals surface area (Å²) in [5, 5.41) is 19.1. The summed E-state index contributed by atoms with van der Waals surface area (Å²) in [5.41, 5.74) is 5.80. The smallest absolute Gasteiger partial charge is 0.303 e. The van der Waals surface area contributed by atoms with Crippen LogP contribution in [0, 0.1) is 19.3 Å². The van der Waals surface area contributed by atoms with Crippen LogP contribution in [0.4, 0.5) is 0 Å². The molecule has 0 aliphatic carbocycles.